The van der Waals surface area contributed by atoms with E-state index in [1.807, 2.05) is 6.08 Å². The Balaban J connectivity index is 1.73. The Kier molecular flexibility index (Phi) is 4.39. The average Bonchev–Trinajstić information content (AvgIpc) is 3.09. The number of phenols is 1. The van der Waals surface area contributed by atoms with E-state index in [9.17, 15) is 14.7 Å². The largest absolute Gasteiger partial charge is 0.504 e. The number of ether oxygens (including phenoxy) is 2. The molecule has 0 saturated carbocycles. The summed E-state index contributed by atoms with van der Waals surface area (Å²) >= 11 is 0. The van der Waals surface area contributed by atoms with Gasteiger partial charge in [-0.15, -0.1) is 0 Å². The molecule has 4 rings (SSSR count). The maximum Gasteiger partial charge on any atom is 0.337 e. The number of carbonyl (C=O) groups excluding carboxylic acids is 2. The molecule has 0 atom stereocenters. The molecule has 1 heterocycles. The Morgan fingerprint density at radius 1 is 1.14 bits per heavy atom. The van der Waals surface area contributed by atoms with Crippen LogP contribution in [0.15, 0.2) is 42.0 Å². The molecule has 1 aliphatic rings. The van der Waals surface area contributed by atoms with Crippen molar-refractivity contribution in [1.29, 1.82) is 0 Å². The molecule has 1 aliphatic carbocycles. The zero-order valence-electron chi connectivity index (χ0n) is 15.5. The molecule has 1 aromatic heterocycles. The molecule has 3 aromatic rings. The van der Waals surface area contributed by atoms with Crippen molar-refractivity contribution in [3.05, 3.63) is 64.4 Å². The lowest BCUT2D eigenvalue weighted by Gasteiger charge is -2.14. The summed E-state index contributed by atoms with van der Waals surface area (Å²) in [5, 5.41) is 10.6. The number of carbonyl (C=O) groups is 2. The Morgan fingerprint density at radius 2 is 1.96 bits per heavy atom. The molecule has 0 aliphatic heterocycles. The fourth-order valence-corrected chi connectivity index (χ4v) is 3.60. The lowest BCUT2D eigenvalue weighted by molar-refractivity contribution is 0.0601. The number of phenolic OH excluding ortho intramolecular Hbond substituents is 1. The van der Waals surface area contributed by atoms with Gasteiger partial charge in [0, 0.05) is 16.5 Å². The molecule has 0 amide bonds. The molecule has 0 spiro atoms. The number of aromatic nitrogens is 1. The fraction of sp³-hybridized carbons (Fsp3) is 0.182. The van der Waals surface area contributed by atoms with Crippen LogP contribution in [0.25, 0.3) is 17.0 Å². The first kappa shape index (κ1) is 17.9. The van der Waals surface area contributed by atoms with Gasteiger partial charge in [-0.2, -0.15) is 0 Å². The van der Waals surface area contributed by atoms with Crippen LogP contribution < -0.4 is 4.74 Å². The highest BCUT2D eigenvalue weighted by molar-refractivity contribution is 6.15. The molecule has 0 unspecified atom stereocenters. The minimum atomic E-state index is -0.402. The third-order valence-electron chi connectivity index (χ3n) is 5.03. The van der Waals surface area contributed by atoms with E-state index in [-0.39, 0.29) is 11.5 Å². The fourth-order valence-electron chi connectivity index (χ4n) is 3.60. The van der Waals surface area contributed by atoms with E-state index in [4.69, 9.17) is 9.47 Å². The van der Waals surface area contributed by atoms with Gasteiger partial charge in [0.05, 0.1) is 25.5 Å². The van der Waals surface area contributed by atoms with Gasteiger partial charge in [0.25, 0.3) is 0 Å². The summed E-state index contributed by atoms with van der Waals surface area (Å²) in [4.78, 5) is 28.0. The van der Waals surface area contributed by atoms with Gasteiger partial charge in [-0.05, 0) is 60.4 Å². The second-order valence-electron chi connectivity index (χ2n) is 6.66. The van der Waals surface area contributed by atoms with Crippen LogP contribution in [0.1, 0.15) is 38.4 Å². The van der Waals surface area contributed by atoms with E-state index < -0.39 is 5.97 Å². The van der Waals surface area contributed by atoms with Crippen LogP contribution in [-0.2, 0) is 11.2 Å². The zero-order valence-corrected chi connectivity index (χ0v) is 15.5. The van der Waals surface area contributed by atoms with Gasteiger partial charge < -0.3 is 19.6 Å². The predicted molar refractivity (Wildman–Crippen MR) is 105 cm³/mol. The summed E-state index contributed by atoms with van der Waals surface area (Å²) in [6.07, 6.45) is 3.09. The zero-order chi connectivity index (χ0) is 19.8. The maximum absolute atomic E-state index is 13.0. The van der Waals surface area contributed by atoms with Gasteiger partial charge in [-0.1, -0.05) is 6.07 Å². The summed E-state index contributed by atoms with van der Waals surface area (Å²) in [5.74, 6) is -0.0526. The number of hydrogen-bond acceptors (Lipinski definition) is 5. The second kappa shape index (κ2) is 6.88. The number of rotatable bonds is 3. The molecule has 142 valence electrons. The van der Waals surface area contributed by atoms with Gasteiger partial charge in [-0.25, -0.2) is 4.79 Å². The summed E-state index contributed by atoms with van der Waals surface area (Å²) in [7, 11) is 2.83. The van der Waals surface area contributed by atoms with Gasteiger partial charge in [-0.3, -0.25) is 4.79 Å². The number of H-pyrrole nitrogens is 1. The lowest BCUT2D eigenvalue weighted by Crippen LogP contribution is -2.13. The Labute approximate surface area is 161 Å². The number of benzene rings is 2. The first-order chi connectivity index (χ1) is 13.5. The van der Waals surface area contributed by atoms with Crippen molar-refractivity contribution in [2.45, 2.75) is 12.8 Å². The van der Waals surface area contributed by atoms with Gasteiger partial charge in [0.1, 0.15) is 0 Å². The van der Waals surface area contributed by atoms with Crippen molar-refractivity contribution in [3.8, 4) is 11.5 Å². The Morgan fingerprint density at radius 3 is 2.71 bits per heavy atom. The number of Topliss-reactive ketones (excluding diaryl/α,β-unsaturated/α-hetero) is 1. The van der Waals surface area contributed by atoms with Crippen LogP contribution >= 0.6 is 0 Å². The molecule has 6 nitrogen and oxygen atoms in total. The number of methoxy groups -OCH3 is 2. The summed E-state index contributed by atoms with van der Waals surface area (Å²) < 4.78 is 9.91. The van der Waals surface area contributed by atoms with Crippen LogP contribution in [0.3, 0.4) is 0 Å². The molecule has 0 fully saturated rings. The van der Waals surface area contributed by atoms with Crippen molar-refractivity contribution in [2.24, 2.45) is 0 Å². The first-order valence-electron chi connectivity index (χ1n) is 8.87. The maximum atomic E-state index is 13.0. The quantitative estimate of drug-likeness (QED) is 0.534. The molecular formula is C22H19NO5. The standard InChI is InChI=1S/C22H19NO5/c1-27-19-10-12(3-8-18(19)24)9-13-4-6-15-16-11-14(22(26)28-2)5-7-17(16)23-20(15)21(13)25/h3,5,7-11,23-24H,4,6H2,1-2H3/b13-9+. The first-order valence-corrected chi connectivity index (χ1v) is 8.87. The summed E-state index contributed by atoms with van der Waals surface area (Å²) in [6.45, 7) is 0. The minimum Gasteiger partial charge on any atom is -0.504 e. The molecule has 28 heavy (non-hydrogen) atoms. The molecule has 6 heteroatoms. The molecule has 2 N–H and O–H groups in total. The third kappa shape index (κ3) is 2.93. The molecule has 2 aromatic carbocycles. The van der Waals surface area contributed by atoms with Crippen LogP contribution in [-0.4, -0.2) is 36.1 Å². The van der Waals surface area contributed by atoms with Gasteiger partial charge in [0.2, 0.25) is 5.78 Å². The number of fused-ring (bicyclic) bond motifs is 3. The van der Waals surface area contributed by atoms with Crippen molar-refractivity contribution < 1.29 is 24.2 Å². The molecule has 0 bridgehead atoms. The highest BCUT2D eigenvalue weighted by atomic mass is 16.5. The number of allylic oxidation sites excluding steroid dienone is 1. The van der Waals surface area contributed by atoms with Crippen LogP contribution in [0.5, 0.6) is 11.5 Å². The minimum absolute atomic E-state index is 0.0546. The van der Waals surface area contributed by atoms with Gasteiger partial charge >= 0.3 is 5.97 Å². The normalized spacial score (nSPS) is 14.9. The molecule has 0 radical (unpaired) electrons. The number of ketones is 1. The number of esters is 1. The van der Waals surface area contributed by atoms with Crippen LogP contribution in [0, 0.1) is 0 Å². The smallest absolute Gasteiger partial charge is 0.337 e. The van der Waals surface area contributed by atoms with Crippen LogP contribution in [0.2, 0.25) is 0 Å². The van der Waals surface area contributed by atoms with E-state index in [0.29, 0.717) is 35.4 Å². The van der Waals surface area contributed by atoms with E-state index in [0.717, 1.165) is 22.0 Å². The number of aryl methyl sites for hydroxylation is 1. The van der Waals surface area contributed by atoms with E-state index in [1.54, 1.807) is 36.4 Å². The number of aromatic hydroxyl groups is 1. The monoisotopic (exact) mass is 377 g/mol. The van der Waals surface area contributed by atoms with Crippen molar-refractivity contribution in [2.75, 3.05) is 14.2 Å². The van der Waals surface area contributed by atoms with E-state index in [1.165, 1.54) is 14.2 Å². The van der Waals surface area contributed by atoms with Crippen molar-refractivity contribution in [1.82, 2.24) is 4.98 Å². The van der Waals surface area contributed by atoms with E-state index >= 15 is 0 Å². The number of aromatic amines is 1. The van der Waals surface area contributed by atoms with Crippen molar-refractivity contribution >= 4 is 28.7 Å². The predicted octanol–water partition coefficient (Wildman–Crippen LogP) is 3.88. The molecular weight excluding hydrogens is 358 g/mol. The van der Waals surface area contributed by atoms with Crippen LogP contribution in [0.4, 0.5) is 0 Å². The summed E-state index contributed by atoms with van der Waals surface area (Å²) in [5.41, 5.74) is 4.22. The van der Waals surface area contributed by atoms with Gasteiger partial charge in [0.15, 0.2) is 11.5 Å². The SMILES string of the molecule is COC(=O)c1ccc2[nH]c3c(c2c1)CC/C(=C\c1ccc(O)c(OC)c1)C3=O. The highest BCUT2D eigenvalue weighted by Gasteiger charge is 2.26. The number of nitrogens with one attached hydrogen (secondary N) is 1. The second-order valence-corrected chi connectivity index (χ2v) is 6.66. The Bertz CT molecular complexity index is 1140. The molecule has 0 saturated heterocycles. The average molecular weight is 377 g/mol. The Hall–Kier alpha value is -3.54. The van der Waals surface area contributed by atoms with E-state index in [2.05, 4.69) is 4.98 Å². The summed E-state index contributed by atoms with van der Waals surface area (Å²) in [6, 6.07) is 10.2. The van der Waals surface area contributed by atoms with Crippen molar-refractivity contribution in [3.63, 3.8) is 0 Å². The topological polar surface area (TPSA) is 88.6 Å². The third-order valence-corrected chi connectivity index (χ3v) is 5.03. The lowest BCUT2D eigenvalue weighted by atomic mass is 9.89. The highest BCUT2D eigenvalue weighted by Crippen LogP contribution is 2.34. The number of hydrogen-bond donors (Lipinski definition) is 2.